The summed E-state index contributed by atoms with van der Waals surface area (Å²) in [7, 11) is 0. The first-order valence-corrected chi connectivity index (χ1v) is 7.93. The lowest BCUT2D eigenvalue weighted by atomic mass is 10.0. The van der Waals surface area contributed by atoms with E-state index in [4.69, 9.17) is 14.6 Å². The van der Waals surface area contributed by atoms with Crippen molar-refractivity contribution in [3.05, 3.63) is 0 Å². The number of ether oxygens (including phenoxy) is 2. The van der Waals surface area contributed by atoms with Crippen LogP contribution in [0.5, 0.6) is 0 Å². The summed E-state index contributed by atoms with van der Waals surface area (Å²) < 4.78 is 10.9. The van der Waals surface area contributed by atoms with Gasteiger partial charge in [-0.15, -0.1) is 0 Å². The van der Waals surface area contributed by atoms with Crippen LogP contribution < -0.4 is 0 Å². The molecule has 1 saturated heterocycles. The molecular weight excluding hydrogens is 260 g/mol. The van der Waals surface area contributed by atoms with E-state index in [2.05, 4.69) is 6.92 Å². The second-order valence-electron chi connectivity index (χ2n) is 4.87. The number of aliphatic hydroxyl groups is 3. The molecule has 1 fully saturated rings. The Labute approximate surface area is 122 Å². The van der Waals surface area contributed by atoms with Crippen molar-refractivity contribution in [2.45, 2.75) is 83.9 Å². The van der Waals surface area contributed by atoms with E-state index in [1.54, 1.807) is 0 Å². The fourth-order valence-corrected chi connectivity index (χ4v) is 2.09. The number of rotatable bonds is 8. The van der Waals surface area contributed by atoms with Gasteiger partial charge in [0, 0.05) is 13.0 Å². The Morgan fingerprint density at radius 1 is 1.10 bits per heavy atom. The molecule has 0 aromatic heterocycles. The van der Waals surface area contributed by atoms with Crippen LogP contribution in [0, 0.1) is 0 Å². The molecule has 1 heterocycles. The summed E-state index contributed by atoms with van der Waals surface area (Å²) >= 11 is 0. The summed E-state index contributed by atoms with van der Waals surface area (Å²) in [5.41, 5.74) is 0. The molecule has 3 N–H and O–H groups in total. The predicted molar refractivity (Wildman–Crippen MR) is 78.4 cm³/mol. The molecule has 0 bridgehead atoms. The SMILES string of the molecule is CC.CCCCCCCOC1CC(O)C(O)C(CO)O1. The van der Waals surface area contributed by atoms with E-state index < -0.39 is 24.6 Å². The first kappa shape index (κ1) is 19.8. The van der Waals surface area contributed by atoms with E-state index in [0.717, 1.165) is 12.8 Å². The molecule has 4 atom stereocenters. The highest BCUT2D eigenvalue weighted by molar-refractivity contribution is 4.82. The maximum absolute atomic E-state index is 9.60. The molecule has 20 heavy (non-hydrogen) atoms. The lowest BCUT2D eigenvalue weighted by Crippen LogP contribution is -2.50. The molecule has 1 rings (SSSR count). The third-order valence-corrected chi connectivity index (χ3v) is 3.27. The third-order valence-electron chi connectivity index (χ3n) is 3.27. The molecule has 0 saturated carbocycles. The first-order chi connectivity index (χ1) is 9.69. The van der Waals surface area contributed by atoms with Crippen molar-refractivity contribution < 1.29 is 24.8 Å². The minimum absolute atomic E-state index is 0.257. The van der Waals surface area contributed by atoms with E-state index in [0.29, 0.717) is 6.61 Å². The standard InChI is InChI=1S/C13H26O5.C2H6/c1-2-3-4-5-6-7-17-12-8-10(15)13(16)11(9-14)18-12;1-2/h10-16H,2-9H2,1H3;1-2H3. The molecule has 0 aromatic rings. The van der Waals surface area contributed by atoms with Crippen molar-refractivity contribution in [1.29, 1.82) is 0 Å². The fraction of sp³-hybridized carbons (Fsp3) is 1.00. The Morgan fingerprint density at radius 2 is 1.75 bits per heavy atom. The van der Waals surface area contributed by atoms with Crippen molar-refractivity contribution in [2.24, 2.45) is 0 Å². The lowest BCUT2D eigenvalue weighted by molar-refractivity contribution is -0.256. The van der Waals surface area contributed by atoms with Crippen LogP contribution in [0.3, 0.4) is 0 Å². The highest BCUT2D eigenvalue weighted by atomic mass is 16.7. The molecule has 1 aliphatic heterocycles. The second-order valence-corrected chi connectivity index (χ2v) is 4.87. The zero-order chi connectivity index (χ0) is 15.4. The maximum Gasteiger partial charge on any atom is 0.160 e. The molecule has 0 aliphatic carbocycles. The third kappa shape index (κ3) is 7.55. The van der Waals surface area contributed by atoms with E-state index in [1.807, 2.05) is 13.8 Å². The first-order valence-electron chi connectivity index (χ1n) is 7.93. The molecule has 5 heteroatoms. The van der Waals surface area contributed by atoms with Gasteiger partial charge >= 0.3 is 0 Å². The average Bonchev–Trinajstić information content (AvgIpc) is 2.48. The summed E-state index contributed by atoms with van der Waals surface area (Å²) in [6, 6.07) is 0. The van der Waals surface area contributed by atoms with Gasteiger partial charge in [0.15, 0.2) is 6.29 Å². The average molecular weight is 292 g/mol. The minimum atomic E-state index is -1.03. The van der Waals surface area contributed by atoms with Gasteiger partial charge in [-0.25, -0.2) is 0 Å². The van der Waals surface area contributed by atoms with Gasteiger partial charge in [0.1, 0.15) is 12.2 Å². The van der Waals surface area contributed by atoms with Crippen molar-refractivity contribution in [3.8, 4) is 0 Å². The highest BCUT2D eigenvalue weighted by Crippen LogP contribution is 2.21. The largest absolute Gasteiger partial charge is 0.394 e. The number of hydrogen-bond acceptors (Lipinski definition) is 5. The van der Waals surface area contributed by atoms with Gasteiger partial charge in [-0.1, -0.05) is 46.5 Å². The molecule has 122 valence electrons. The summed E-state index contributed by atoms with van der Waals surface area (Å²) in [6.07, 6.45) is 2.86. The quantitative estimate of drug-likeness (QED) is 0.595. The van der Waals surface area contributed by atoms with Crippen LogP contribution in [-0.4, -0.2) is 53.1 Å². The zero-order valence-corrected chi connectivity index (χ0v) is 13.1. The Morgan fingerprint density at radius 3 is 2.35 bits per heavy atom. The fourth-order valence-electron chi connectivity index (χ4n) is 2.09. The molecule has 5 nitrogen and oxygen atoms in total. The molecule has 4 unspecified atom stereocenters. The summed E-state index contributed by atoms with van der Waals surface area (Å²) in [4.78, 5) is 0. The summed E-state index contributed by atoms with van der Waals surface area (Å²) in [6.45, 7) is 6.46. The van der Waals surface area contributed by atoms with Crippen molar-refractivity contribution >= 4 is 0 Å². The van der Waals surface area contributed by atoms with Crippen LogP contribution in [-0.2, 0) is 9.47 Å². The molecular formula is C15H32O5. The highest BCUT2D eigenvalue weighted by Gasteiger charge is 2.36. The Kier molecular flexibility index (Phi) is 12.4. The smallest absolute Gasteiger partial charge is 0.160 e. The Balaban J connectivity index is 0.00000172. The normalized spacial score (nSPS) is 29.7. The van der Waals surface area contributed by atoms with Gasteiger partial charge in [-0.3, -0.25) is 0 Å². The van der Waals surface area contributed by atoms with Crippen molar-refractivity contribution in [3.63, 3.8) is 0 Å². The molecule has 0 amide bonds. The monoisotopic (exact) mass is 292 g/mol. The van der Waals surface area contributed by atoms with Gasteiger partial charge in [0.2, 0.25) is 0 Å². The van der Waals surface area contributed by atoms with Gasteiger partial charge in [0.05, 0.1) is 12.7 Å². The molecule has 0 radical (unpaired) electrons. The topological polar surface area (TPSA) is 79.2 Å². The number of hydrogen-bond donors (Lipinski definition) is 3. The zero-order valence-electron chi connectivity index (χ0n) is 13.1. The van der Waals surface area contributed by atoms with Gasteiger partial charge in [-0.2, -0.15) is 0 Å². The molecule has 0 aromatic carbocycles. The molecule has 1 aliphatic rings. The second kappa shape index (κ2) is 12.5. The van der Waals surface area contributed by atoms with Crippen LogP contribution in [0.4, 0.5) is 0 Å². The maximum atomic E-state index is 9.60. The minimum Gasteiger partial charge on any atom is -0.394 e. The summed E-state index contributed by atoms with van der Waals surface area (Å²) in [5.74, 6) is 0. The van der Waals surface area contributed by atoms with E-state index in [-0.39, 0.29) is 13.0 Å². The van der Waals surface area contributed by atoms with E-state index in [1.165, 1.54) is 19.3 Å². The van der Waals surface area contributed by atoms with Crippen molar-refractivity contribution in [1.82, 2.24) is 0 Å². The van der Waals surface area contributed by atoms with E-state index in [9.17, 15) is 10.2 Å². The lowest BCUT2D eigenvalue weighted by Gasteiger charge is -2.36. The van der Waals surface area contributed by atoms with Crippen LogP contribution in [0.15, 0.2) is 0 Å². The van der Waals surface area contributed by atoms with Gasteiger partial charge in [0.25, 0.3) is 0 Å². The predicted octanol–water partition coefficient (Wildman–Crippen LogP) is 1.83. The van der Waals surface area contributed by atoms with Gasteiger partial charge < -0.3 is 24.8 Å². The number of aliphatic hydroxyl groups excluding tert-OH is 3. The van der Waals surface area contributed by atoms with Gasteiger partial charge in [-0.05, 0) is 6.42 Å². The summed E-state index contributed by atoms with van der Waals surface area (Å²) in [5, 5.41) is 28.1. The number of unbranched alkanes of at least 4 members (excludes halogenated alkanes) is 4. The van der Waals surface area contributed by atoms with Crippen LogP contribution in [0.2, 0.25) is 0 Å². The molecule has 0 spiro atoms. The Hall–Kier alpha value is -0.200. The van der Waals surface area contributed by atoms with Crippen LogP contribution in [0.1, 0.15) is 59.3 Å². The van der Waals surface area contributed by atoms with Crippen LogP contribution in [0.25, 0.3) is 0 Å². The van der Waals surface area contributed by atoms with Crippen molar-refractivity contribution in [2.75, 3.05) is 13.2 Å². The Bertz CT molecular complexity index is 212. The van der Waals surface area contributed by atoms with Crippen LogP contribution >= 0.6 is 0 Å². The van der Waals surface area contributed by atoms with E-state index >= 15 is 0 Å².